The molecule has 0 saturated heterocycles. The van der Waals surface area contributed by atoms with Gasteiger partial charge in [0.1, 0.15) is 0 Å². The minimum absolute atomic E-state index is 0.157. The van der Waals surface area contributed by atoms with Crippen LogP contribution >= 0.6 is 0 Å². The van der Waals surface area contributed by atoms with Crippen molar-refractivity contribution in [2.75, 3.05) is 6.54 Å². The lowest BCUT2D eigenvalue weighted by Gasteiger charge is -2.25. The van der Waals surface area contributed by atoms with Crippen LogP contribution in [-0.4, -0.2) is 40.5 Å². The van der Waals surface area contributed by atoms with Gasteiger partial charge in [-0.15, -0.1) is 0 Å². The van der Waals surface area contributed by atoms with Gasteiger partial charge in [-0.05, 0) is 13.8 Å². The van der Waals surface area contributed by atoms with Crippen molar-refractivity contribution in [3.05, 3.63) is 12.2 Å². The number of nitrogens with zero attached hydrogens (tertiary/aromatic N) is 2. The highest BCUT2D eigenvalue weighted by Crippen LogP contribution is 2.00. The summed E-state index contributed by atoms with van der Waals surface area (Å²) in [5.41, 5.74) is 0. The molecule has 0 aromatic rings. The molecule has 2 N–H and O–H groups in total. The Morgan fingerprint density at radius 2 is 2.00 bits per heavy atom. The van der Waals surface area contributed by atoms with E-state index in [1.807, 2.05) is 11.4 Å². The minimum Gasteiger partial charge on any atom is -0.478 e. The molecule has 0 unspecified atom stereocenters. The number of urea groups is 1. The summed E-state index contributed by atoms with van der Waals surface area (Å²) in [7, 11) is 0. The van der Waals surface area contributed by atoms with E-state index in [4.69, 9.17) is 10.4 Å². The van der Waals surface area contributed by atoms with Crippen LogP contribution in [0, 0.1) is 11.3 Å². The van der Waals surface area contributed by atoms with Crippen LogP contribution in [0.4, 0.5) is 4.79 Å². The van der Waals surface area contributed by atoms with Gasteiger partial charge in [0, 0.05) is 24.7 Å². The van der Waals surface area contributed by atoms with Gasteiger partial charge in [-0.25, -0.2) is 9.59 Å². The molecule has 0 atom stereocenters. The second-order valence-electron chi connectivity index (χ2n) is 3.66. The largest absolute Gasteiger partial charge is 0.478 e. The van der Waals surface area contributed by atoms with E-state index in [0.29, 0.717) is 6.08 Å². The predicted octanol–water partition coefficient (Wildman–Crippen LogP) is 0.487. The first-order chi connectivity index (χ1) is 8.38. The van der Waals surface area contributed by atoms with Crippen molar-refractivity contribution < 1.29 is 19.5 Å². The Kier molecular flexibility index (Phi) is 6.81. The molecule has 18 heavy (non-hydrogen) atoms. The molecule has 0 rings (SSSR count). The predicted molar refractivity (Wildman–Crippen MR) is 62.4 cm³/mol. The van der Waals surface area contributed by atoms with Crippen molar-refractivity contribution in [2.45, 2.75) is 26.3 Å². The Morgan fingerprint density at radius 1 is 1.39 bits per heavy atom. The van der Waals surface area contributed by atoms with Crippen LogP contribution in [-0.2, 0) is 9.59 Å². The van der Waals surface area contributed by atoms with E-state index < -0.39 is 17.9 Å². The molecule has 0 spiro atoms. The van der Waals surface area contributed by atoms with Crippen molar-refractivity contribution >= 4 is 17.9 Å². The van der Waals surface area contributed by atoms with Crippen LogP contribution < -0.4 is 5.32 Å². The lowest BCUT2D eigenvalue weighted by molar-refractivity contribution is -0.131. The number of nitriles is 1. The number of carbonyl (C=O) groups is 3. The molecule has 0 aliphatic carbocycles. The topological polar surface area (TPSA) is 111 Å². The van der Waals surface area contributed by atoms with E-state index >= 15 is 0 Å². The third-order valence-electron chi connectivity index (χ3n) is 1.96. The number of carboxylic acids is 1. The number of rotatable bonds is 5. The van der Waals surface area contributed by atoms with Crippen molar-refractivity contribution in [1.29, 1.82) is 5.26 Å². The maximum absolute atomic E-state index is 11.6. The van der Waals surface area contributed by atoms with Crippen LogP contribution in [0.25, 0.3) is 0 Å². The maximum Gasteiger partial charge on any atom is 0.328 e. The summed E-state index contributed by atoms with van der Waals surface area (Å²) in [5.74, 6) is -2.09. The first-order valence-corrected chi connectivity index (χ1v) is 5.28. The summed E-state index contributed by atoms with van der Waals surface area (Å²) < 4.78 is 0. The van der Waals surface area contributed by atoms with E-state index in [9.17, 15) is 14.4 Å². The van der Waals surface area contributed by atoms with Crippen LogP contribution in [0.5, 0.6) is 0 Å². The Hall–Kier alpha value is -2.36. The standard InChI is InChI=1S/C11H15N3O4/c1-8(2)14(7-3-6-12)11(18)13-9(15)4-5-10(16)17/h4-5,8H,3,7H2,1-2H3,(H,16,17)(H,13,15,18)/b5-4+. The molecular formula is C11H15N3O4. The summed E-state index contributed by atoms with van der Waals surface area (Å²) in [5, 5.41) is 18.8. The highest BCUT2D eigenvalue weighted by atomic mass is 16.4. The van der Waals surface area contributed by atoms with E-state index in [-0.39, 0.29) is 19.0 Å². The molecule has 0 fully saturated rings. The fourth-order valence-electron chi connectivity index (χ4n) is 1.13. The number of carbonyl (C=O) groups excluding carboxylic acids is 2. The van der Waals surface area contributed by atoms with E-state index in [2.05, 4.69) is 0 Å². The third-order valence-corrected chi connectivity index (χ3v) is 1.96. The molecule has 0 aliphatic rings. The zero-order valence-electron chi connectivity index (χ0n) is 10.2. The molecule has 0 aromatic carbocycles. The molecule has 0 heterocycles. The van der Waals surface area contributed by atoms with Crippen LogP contribution in [0.3, 0.4) is 0 Å². The van der Waals surface area contributed by atoms with E-state index in [1.54, 1.807) is 13.8 Å². The molecule has 3 amide bonds. The second-order valence-corrected chi connectivity index (χ2v) is 3.66. The zero-order valence-corrected chi connectivity index (χ0v) is 10.2. The van der Waals surface area contributed by atoms with Gasteiger partial charge in [-0.1, -0.05) is 0 Å². The number of hydrogen-bond donors (Lipinski definition) is 2. The average Bonchev–Trinajstić information content (AvgIpc) is 2.26. The second kappa shape index (κ2) is 7.84. The number of aliphatic carboxylic acids is 1. The average molecular weight is 253 g/mol. The molecular weight excluding hydrogens is 238 g/mol. The van der Waals surface area contributed by atoms with Crippen LogP contribution in [0.1, 0.15) is 20.3 Å². The zero-order chi connectivity index (χ0) is 14.1. The Balaban J connectivity index is 4.47. The van der Waals surface area contributed by atoms with Gasteiger partial charge in [0.15, 0.2) is 0 Å². The van der Waals surface area contributed by atoms with Crippen LogP contribution in [0.15, 0.2) is 12.2 Å². The SMILES string of the molecule is CC(C)N(CCC#N)C(=O)NC(=O)/C=C/C(=O)O. The number of carboxylic acid groups (broad SMARTS) is 1. The smallest absolute Gasteiger partial charge is 0.328 e. The van der Waals surface area contributed by atoms with Gasteiger partial charge in [0.05, 0.1) is 12.5 Å². The first kappa shape index (κ1) is 15.6. The molecule has 0 aromatic heterocycles. The summed E-state index contributed by atoms with van der Waals surface area (Å²) in [6, 6.07) is 1.08. The summed E-state index contributed by atoms with van der Waals surface area (Å²) in [4.78, 5) is 34.3. The Labute approximate surface area is 105 Å². The van der Waals surface area contributed by atoms with Gasteiger partial charge in [-0.3, -0.25) is 10.1 Å². The summed E-state index contributed by atoms with van der Waals surface area (Å²) in [6.45, 7) is 3.69. The molecule has 0 radical (unpaired) electrons. The normalized spacial score (nSPS) is 10.1. The number of nitrogens with one attached hydrogen (secondary N) is 1. The Morgan fingerprint density at radius 3 is 2.44 bits per heavy atom. The van der Waals surface area contributed by atoms with Gasteiger partial charge in [0.25, 0.3) is 5.91 Å². The van der Waals surface area contributed by atoms with E-state index in [0.717, 1.165) is 6.08 Å². The number of amides is 3. The first-order valence-electron chi connectivity index (χ1n) is 5.28. The molecule has 0 saturated carbocycles. The number of imide groups is 1. The molecule has 98 valence electrons. The molecule has 7 nitrogen and oxygen atoms in total. The van der Waals surface area contributed by atoms with Crippen LogP contribution in [0.2, 0.25) is 0 Å². The summed E-state index contributed by atoms with van der Waals surface area (Å²) in [6.07, 6.45) is 1.55. The lowest BCUT2D eigenvalue weighted by Crippen LogP contribution is -2.46. The molecule has 7 heteroatoms. The van der Waals surface area contributed by atoms with Gasteiger partial charge >= 0.3 is 12.0 Å². The fourth-order valence-corrected chi connectivity index (χ4v) is 1.13. The van der Waals surface area contributed by atoms with Gasteiger partial charge < -0.3 is 10.0 Å². The highest BCUT2D eigenvalue weighted by molar-refractivity contribution is 6.02. The highest BCUT2D eigenvalue weighted by Gasteiger charge is 2.17. The number of hydrogen-bond acceptors (Lipinski definition) is 4. The van der Waals surface area contributed by atoms with Crippen molar-refractivity contribution in [2.24, 2.45) is 0 Å². The molecule has 0 bridgehead atoms. The van der Waals surface area contributed by atoms with Gasteiger partial charge in [0.2, 0.25) is 0 Å². The van der Waals surface area contributed by atoms with Crippen molar-refractivity contribution in [1.82, 2.24) is 10.2 Å². The minimum atomic E-state index is -1.28. The van der Waals surface area contributed by atoms with E-state index in [1.165, 1.54) is 4.90 Å². The quantitative estimate of drug-likeness (QED) is 0.692. The monoisotopic (exact) mass is 253 g/mol. The van der Waals surface area contributed by atoms with Crippen molar-refractivity contribution in [3.63, 3.8) is 0 Å². The third kappa shape index (κ3) is 6.27. The lowest BCUT2D eigenvalue weighted by atomic mass is 10.3. The molecule has 0 aliphatic heterocycles. The van der Waals surface area contributed by atoms with Crippen molar-refractivity contribution in [3.8, 4) is 6.07 Å². The fraction of sp³-hybridized carbons (Fsp3) is 0.455. The maximum atomic E-state index is 11.6. The summed E-state index contributed by atoms with van der Waals surface area (Å²) >= 11 is 0. The van der Waals surface area contributed by atoms with Gasteiger partial charge in [-0.2, -0.15) is 5.26 Å². The Bertz CT molecular complexity index is 396.